The van der Waals surface area contributed by atoms with E-state index >= 15 is 0 Å². The van der Waals surface area contributed by atoms with E-state index in [-0.39, 0.29) is 0 Å². The first-order chi connectivity index (χ1) is 8.99. The van der Waals surface area contributed by atoms with Gasteiger partial charge in [0.25, 0.3) is 0 Å². The van der Waals surface area contributed by atoms with Gasteiger partial charge >= 0.3 is 0 Å². The molecule has 3 nitrogen and oxygen atoms in total. The standard InChI is InChI=1S/C16H23N3/c1-11(2)17-9-15-10-18-19(14(15)5)16-8-12(3)6-7-13(16)4/h6-8,10-11,17H,9H2,1-5H3. The molecular weight excluding hydrogens is 234 g/mol. The summed E-state index contributed by atoms with van der Waals surface area (Å²) in [4.78, 5) is 0. The Morgan fingerprint density at radius 3 is 2.63 bits per heavy atom. The Balaban J connectivity index is 2.33. The zero-order valence-corrected chi connectivity index (χ0v) is 12.5. The van der Waals surface area contributed by atoms with E-state index in [9.17, 15) is 0 Å². The van der Waals surface area contributed by atoms with Crippen molar-refractivity contribution in [3.05, 3.63) is 46.8 Å². The summed E-state index contributed by atoms with van der Waals surface area (Å²) < 4.78 is 2.04. The molecule has 0 fully saturated rings. The molecule has 1 aromatic carbocycles. The van der Waals surface area contributed by atoms with Crippen LogP contribution in [0.3, 0.4) is 0 Å². The molecule has 0 bridgehead atoms. The van der Waals surface area contributed by atoms with Crippen LogP contribution in [0.25, 0.3) is 5.69 Å². The Morgan fingerprint density at radius 1 is 1.21 bits per heavy atom. The Kier molecular flexibility index (Phi) is 4.05. The zero-order valence-electron chi connectivity index (χ0n) is 12.5. The Labute approximate surface area is 115 Å². The van der Waals surface area contributed by atoms with Gasteiger partial charge in [0.05, 0.1) is 11.9 Å². The normalized spacial score (nSPS) is 11.3. The van der Waals surface area contributed by atoms with E-state index in [0.29, 0.717) is 6.04 Å². The van der Waals surface area contributed by atoms with Gasteiger partial charge in [0.1, 0.15) is 0 Å². The predicted octanol–water partition coefficient (Wildman–Crippen LogP) is 3.30. The molecule has 0 radical (unpaired) electrons. The summed E-state index contributed by atoms with van der Waals surface area (Å²) in [6, 6.07) is 6.97. The van der Waals surface area contributed by atoms with Crippen LogP contribution in [-0.2, 0) is 6.54 Å². The minimum atomic E-state index is 0.489. The number of aryl methyl sites for hydroxylation is 2. The smallest absolute Gasteiger partial charge is 0.0680 e. The third-order valence-corrected chi connectivity index (χ3v) is 3.41. The lowest BCUT2D eigenvalue weighted by molar-refractivity contribution is 0.587. The topological polar surface area (TPSA) is 29.9 Å². The van der Waals surface area contributed by atoms with Crippen molar-refractivity contribution in [1.82, 2.24) is 15.1 Å². The van der Waals surface area contributed by atoms with Crippen LogP contribution in [0.5, 0.6) is 0 Å². The van der Waals surface area contributed by atoms with Gasteiger partial charge in [-0.3, -0.25) is 0 Å². The van der Waals surface area contributed by atoms with Crippen LogP contribution in [-0.4, -0.2) is 15.8 Å². The minimum Gasteiger partial charge on any atom is -0.310 e. The van der Waals surface area contributed by atoms with Crippen LogP contribution in [0.1, 0.15) is 36.2 Å². The molecular formula is C16H23N3. The van der Waals surface area contributed by atoms with Gasteiger partial charge in [-0.2, -0.15) is 5.10 Å². The van der Waals surface area contributed by atoms with Crippen molar-refractivity contribution >= 4 is 0 Å². The predicted molar refractivity (Wildman–Crippen MR) is 79.8 cm³/mol. The molecule has 102 valence electrons. The first-order valence-electron chi connectivity index (χ1n) is 6.83. The summed E-state index contributed by atoms with van der Waals surface area (Å²) >= 11 is 0. The average molecular weight is 257 g/mol. The first-order valence-corrected chi connectivity index (χ1v) is 6.83. The van der Waals surface area contributed by atoms with E-state index in [0.717, 1.165) is 6.54 Å². The van der Waals surface area contributed by atoms with Crippen LogP contribution in [0.2, 0.25) is 0 Å². The van der Waals surface area contributed by atoms with Crippen molar-refractivity contribution in [2.45, 2.75) is 47.2 Å². The molecule has 0 aliphatic carbocycles. The lowest BCUT2D eigenvalue weighted by Crippen LogP contribution is -2.22. The van der Waals surface area contributed by atoms with E-state index < -0.39 is 0 Å². The van der Waals surface area contributed by atoms with E-state index in [1.807, 2.05) is 10.9 Å². The molecule has 0 amide bonds. The number of hydrogen-bond acceptors (Lipinski definition) is 2. The van der Waals surface area contributed by atoms with Crippen molar-refractivity contribution in [3.63, 3.8) is 0 Å². The minimum absolute atomic E-state index is 0.489. The second-order valence-electron chi connectivity index (χ2n) is 5.49. The number of nitrogens with zero attached hydrogens (tertiary/aromatic N) is 2. The molecule has 0 aliphatic heterocycles. The molecule has 0 aliphatic rings. The highest BCUT2D eigenvalue weighted by molar-refractivity contribution is 5.44. The largest absolute Gasteiger partial charge is 0.310 e. The molecule has 0 saturated carbocycles. The molecule has 0 spiro atoms. The van der Waals surface area contributed by atoms with Crippen molar-refractivity contribution in [1.29, 1.82) is 0 Å². The van der Waals surface area contributed by atoms with Crippen LogP contribution in [0.4, 0.5) is 0 Å². The third kappa shape index (κ3) is 3.04. The second kappa shape index (κ2) is 5.57. The third-order valence-electron chi connectivity index (χ3n) is 3.41. The number of benzene rings is 1. The summed E-state index contributed by atoms with van der Waals surface area (Å²) in [5.74, 6) is 0. The van der Waals surface area contributed by atoms with Crippen molar-refractivity contribution in [3.8, 4) is 5.69 Å². The molecule has 2 rings (SSSR count). The van der Waals surface area contributed by atoms with Gasteiger partial charge in [0.2, 0.25) is 0 Å². The monoisotopic (exact) mass is 257 g/mol. The SMILES string of the molecule is Cc1ccc(C)c(-n2ncc(CNC(C)C)c2C)c1. The van der Waals surface area contributed by atoms with Crippen molar-refractivity contribution in [2.24, 2.45) is 0 Å². The molecule has 0 saturated heterocycles. The molecule has 1 N–H and O–H groups in total. The number of nitrogens with one attached hydrogen (secondary N) is 1. The maximum Gasteiger partial charge on any atom is 0.0680 e. The molecule has 19 heavy (non-hydrogen) atoms. The van der Waals surface area contributed by atoms with Gasteiger partial charge in [-0.15, -0.1) is 0 Å². The van der Waals surface area contributed by atoms with Gasteiger partial charge in [-0.1, -0.05) is 26.0 Å². The summed E-state index contributed by atoms with van der Waals surface area (Å²) in [6.07, 6.45) is 1.96. The molecule has 1 heterocycles. The lowest BCUT2D eigenvalue weighted by Gasteiger charge is -2.11. The summed E-state index contributed by atoms with van der Waals surface area (Å²) in [6.45, 7) is 11.6. The highest BCUT2D eigenvalue weighted by Crippen LogP contribution is 2.19. The fourth-order valence-corrected chi connectivity index (χ4v) is 2.12. The quantitative estimate of drug-likeness (QED) is 0.911. The number of aromatic nitrogens is 2. The summed E-state index contributed by atoms with van der Waals surface area (Å²) in [7, 11) is 0. The molecule has 3 heteroatoms. The summed E-state index contributed by atoms with van der Waals surface area (Å²) in [5.41, 5.74) is 6.15. The van der Waals surface area contributed by atoms with Crippen LogP contribution in [0.15, 0.2) is 24.4 Å². The van der Waals surface area contributed by atoms with Gasteiger partial charge in [-0.05, 0) is 38.0 Å². The highest BCUT2D eigenvalue weighted by Gasteiger charge is 2.10. The van der Waals surface area contributed by atoms with E-state index in [2.05, 4.69) is 63.2 Å². The van der Waals surface area contributed by atoms with E-state index in [4.69, 9.17) is 0 Å². The summed E-state index contributed by atoms with van der Waals surface area (Å²) in [5, 5.41) is 7.98. The lowest BCUT2D eigenvalue weighted by atomic mass is 10.1. The maximum atomic E-state index is 4.54. The number of rotatable bonds is 4. The molecule has 1 aromatic heterocycles. The highest BCUT2D eigenvalue weighted by atomic mass is 15.3. The van der Waals surface area contributed by atoms with Gasteiger partial charge in [0.15, 0.2) is 0 Å². The fourth-order valence-electron chi connectivity index (χ4n) is 2.12. The Hall–Kier alpha value is -1.61. The van der Waals surface area contributed by atoms with E-state index in [1.54, 1.807) is 0 Å². The number of hydrogen-bond donors (Lipinski definition) is 1. The van der Waals surface area contributed by atoms with Gasteiger partial charge in [-0.25, -0.2) is 4.68 Å². The van der Waals surface area contributed by atoms with Crippen LogP contribution < -0.4 is 5.32 Å². The maximum absolute atomic E-state index is 4.54. The molecule has 2 aromatic rings. The van der Waals surface area contributed by atoms with Crippen LogP contribution in [0, 0.1) is 20.8 Å². The van der Waals surface area contributed by atoms with Gasteiger partial charge < -0.3 is 5.32 Å². The Morgan fingerprint density at radius 2 is 1.95 bits per heavy atom. The van der Waals surface area contributed by atoms with E-state index in [1.165, 1.54) is 28.1 Å². The second-order valence-corrected chi connectivity index (χ2v) is 5.49. The first kappa shape index (κ1) is 13.8. The van der Waals surface area contributed by atoms with Crippen molar-refractivity contribution < 1.29 is 0 Å². The fraction of sp³-hybridized carbons (Fsp3) is 0.438. The van der Waals surface area contributed by atoms with Gasteiger partial charge in [0, 0.05) is 23.8 Å². The van der Waals surface area contributed by atoms with Crippen LogP contribution >= 0.6 is 0 Å². The molecule has 0 unspecified atom stereocenters. The average Bonchev–Trinajstić information content (AvgIpc) is 2.71. The zero-order chi connectivity index (χ0) is 14.0. The Bertz CT molecular complexity index is 567. The molecule has 0 atom stereocenters. The van der Waals surface area contributed by atoms with Crippen molar-refractivity contribution in [2.75, 3.05) is 0 Å².